The molecule has 0 amide bonds. The number of ether oxygens (including phenoxy) is 1. The van der Waals surface area contributed by atoms with Crippen molar-refractivity contribution in [3.8, 4) is 17.3 Å². The third-order valence-electron chi connectivity index (χ3n) is 10.3. The molecule has 3 fully saturated rings. The second kappa shape index (κ2) is 11.0. The number of aromatic nitrogens is 3. The van der Waals surface area contributed by atoms with Crippen molar-refractivity contribution in [2.24, 2.45) is 0 Å². The Hall–Kier alpha value is -3.69. The number of allylic oxidation sites excluding steroid dienone is 1. The van der Waals surface area contributed by atoms with Crippen LogP contribution in [-0.2, 0) is 0 Å². The number of rotatable bonds is 9. The van der Waals surface area contributed by atoms with Gasteiger partial charge in [0, 0.05) is 36.8 Å². The molecule has 44 heavy (non-hydrogen) atoms. The maximum atomic E-state index is 16.7. The van der Waals surface area contributed by atoms with Gasteiger partial charge in [0.1, 0.15) is 29.8 Å². The molecule has 3 aliphatic rings. The number of pyridine rings is 1. The van der Waals surface area contributed by atoms with Gasteiger partial charge in [0.05, 0.1) is 10.9 Å². The molecule has 1 aliphatic carbocycles. The molecule has 4 heterocycles. The number of nitrogens with zero attached hydrogens (tertiary/aromatic N) is 5. The minimum Gasteiger partial charge on any atom is -0.461 e. The van der Waals surface area contributed by atoms with E-state index >= 15 is 4.39 Å². The monoisotopic (exact) mass is 598 g/mol. The van der Waals surface area contributed by atoms with Crippen molar-refractivity contribution in [2.45, 2.75) is 62.7 Å². The summed E-state index contributed by atoms with van der Waals surface area (Å²) in [6.45, 7) is 8.33. The number of nitrogens with one attached hydrogen (secondary N) is 1. The van der Waals surface area contributed by atoms with Crippen LogP contribution in [0.5, 0.6) is 6.01 Å². The highest BCUT2D eigenvalue weighted by Crippen LogP contribution is 2.42. The molecule has 4 aromatic rings. The number of likely N-dealkylation sites (N-methyl/N-ethyl adjacent to an activating group) is 1. The van der Waals surface area contributed by atoms with Crippen LogP contribution in [0.3, 0.4) is 0 Å². The van der Waals surface area contributed by atoms with Crippen molar-refractivity contribution in [1.29, 1.82) is 0 Å². The molecule has 0 unspecified atom stereocenters. The summed E-state index contributed by atoms with van der Waals surface area (Å²) in [7, 11) is 4.19. The lowest BCUT2D eigenvalue weighted by Crippen LogP contribution is -2.54. The molecule has 0 radical (unpaired) electrons. The molecule has 9 heteroatoms. The molecular weight excluding hydrogens is 558 g/mol. The van der Waals surface area contributed by atoms with Crippen LogP contribution in [-0.4, -0.2) is 82.3 Å². The van der Waals surface area contributed by atoms with E-state index in [4.69, 9.17) is 9.72 Å². The van der Waals surface area contributed by atoms with Gasteiger partial charge in [-0.3, -0.25) is 9.88 Å². The second-order valence-electron chi connectivity index (χ2n) is 13.2. The molecule has 0 spiro atoms. The van der Waals surface area contributed by atoms with Crippen molar-refractivity contribution in [1.82, 2.24) is 24.8 Å². The summed E-state index contributed by atoms with van der Waals surface area (Å²) in [5.74, 6) is -0.0367. The van der Waals surface area contributed by atoms with E-state index in [1.807, 2.05) is 43.3 Å². The Kier molecular flexibility index (Phi) is 7.28. The van der Waals surface area contributed by atoms with Crippen LogP contribution in [0.4, 0.5) is 14.6 Å². The first-order valence-electron chi connectivity index (χ1n) is 15.7. The number of fused-ring (bicyclic) bond motifs is 3. The number of anilines is 1. The fourth-order valence-electron chi connectivity index (χ4n) is 7.58. The summed E-state index contributed by atoms with van der Waals surface area (Å²) >= 11 is 0. The summed E-state index contributed by atoms with van der Waals surface area (Å²) in [5.41, 5.74) is 2.53. The predicted octanol–water partition coefficient (Wildman–Crippen LogP) is 6.87. The van der Waals surface area contributed by atoms with E-state index < -0.39 is 12.0 Å². The Morgan fingerprint density at radius 3 is 2.66 bits per heavy atom. The van der Waals surface area contributed by atoms with Crippen molar-refractivity contribution < 1.29 is 13.5 Å². The van der Waals surface area contributed by atoms with Crippen LogP contribution in [0.2, 0.25) is 0 Å². The molecule has 7 nitrogen and oxygen atoms in total. The first kappa shape index (κ1) is 29.0. The third kappa shape index (κ3) is 4.81. The Labute approximate surface area is 257 Å². The van der Waals surface area contributed by atoms with Gasteiger partial charge in [-0.15, -0.1) is 0 Å². The predicted molar refractivity (Wildman–Crippen MR) is 172 cm³/mol. The van der Waals surface area contributed by atoms with Crippen molar-refractivity contribution >= 4 is 33.1 Å². The van der Waals surface area contributed by atoms with Crippen LogP contribution < -0.4 is 10.1 Å². The smallest absolute Gasteiger partial charge is 0.319 e. The maximum absolute atomic E-state index is 16.7. The van der Waals surface area contributed by atoms with E-state index in [1.54, 1.807) is 6.20 Å². The SMILES string of the molecule is C=C(C)c1cccc2cccc(-c3ncc4c(NCC5(N(C)C)CCC5)nc(OC[C@]56CCCN5C[C@@H](F)C6)nc4c3F)c12. The summed E-state index contributed by atoms with van der Waals surface area (Å²) in [6.07, 6.45) is 6.42. The number of hydrogen-bond donors (Lipinski definition) is 1. The topological polar surface area (TPSA) is 66.4 Å². The fourth-order valence-corrected chi connectivity index (χ4v) is 7.58. The molecule has 1 N–H and O–H groups in total. The molecule has 0 bridgehead atoms. The average Bonchev–Trinajstić information content (AvgIpc) is 3.50. The van der Waals surface area contributed by atoms with E-state index in [0.29, 0.717) is 36.3 Å². The first-order valence-corrected chi connectivity index (χ1v) is 15.7. The number of hydrogen-bond acceptors (Lipinski definition) is 7. The second-order valence-corrected chi connectivity index (χ2v) is 13.2. The molecule has 2 aromatic heterocycles. The van der Waals surface area contributed by atoms with Gasteiger partial charge in [-0.25, -0.2) is 8.78 Å². The molecule has 2 saturated heterocycles. The summed E-state index contributed by atoms with van der Waals surface area (Å²) in [6, 6.07) is 11.9. The summed E-state index contributed by atoms with van der Waals surface area (Å²) < 4.78 is 37.4. The van der Waals surface area contributed by atoms with Gasteiger partial charge in [-0.1, -0.05) is 48.6 Å². The normalized spacial score (nSPS) is 22.8. The lowest BCUT2D eigenvalue weighted by molar-refractivity contribution is 0.0738. The van der Waals surface area contributed by atoms with Gasteiger partial charge in [-0.05, 0) is 76.0 Å². The molecular formula is C35H40F2N6O. The minimum atomic E-state index is -0.866. The zero-order valence-corrected chi connectivity index (χ0v) is 25.8. The quantitative estimate of drug-likeness (QED) is 0.226. The largest absolute Gasteiger partial charge is 0.461 e. The molecule has 2 atom stereocenters. The number of benzene rings is 2. The summed E-state index contributed by atoms with van der Waals surface area (Å²) in [4.78, 5) is 18.5. The highest BCUT2D eigenvalue weighted by Gasteiger charge is 2.49. The fraction of sp³-hybridized carbons (Fsp3) is 0.457. The van der Waals surface area contributed by atoms with Crippen LogP contribution in [0.15, 0.2) is 49.2 Å². The van der Waals surface area contributed by atoms with E-state index in [9.17, 15) is 4.39 Å². The van der Waals surface area contributed by atoms with E-state index in [2.05, 4.69) is 45.8 Å². The lowest BCUT2D eigenvalue weighted by atomic mass is 9.75. The standard InChI is InChI=1S/C35H40F2N6O/c1-22(2)25-11-5-9-23-10-6-12-26(28(23)25)30-29(37)31-27(18-38-30)32(39-20-34(42(3)4)13-7-14-34)41-33(40-31)44-21-35-15-8-16-43(35)19-24(36)17-35/h5-6,9-12,18,24H,1,7-8,13-17,19-21H2,2-4H3,(H,39,40,41)/t24-,35+/m0/s1. The maximum Gasteiger partial charge on any atom is 0.319 e. The Morgan fingerprint density at radius 2 is 1.93 bits per heavy atom. The van der Waals surface area contributed by atoms with Crippen molar-refractivity contribution in [3.05, 3.63) is 60.6 Å². The Bertz CT molecular complexity index is 1750. The Balaban J connectivity index is 1.32. The minimum absolute atomic E-state index is 0.00933. The number of alkyl halides is 1. The van der Waals surface area contributed by atoms with Gasteiger partial charge in [0.15, 0.2) is 5.82 Å². The molecule has 7 rings (SSSR count). The molecule has 2 aromatic carbocycles. The highest BCUT2D eigenvalue weighted by atomic mass is 19.1. The van der Waals surface area contributed by atoms with Gasteiger partial charge in [0.25, 0.3) is 0 Å². The van der Waals surface area contributed by atoms with Crippen molar-refractivity contribution in [2.75, 3.05) is 45.7 Å². The highest BCUT2D eigenvalue weighted by molar-refractivity contribution is 6.04. The zero-order chi connectivity index (χ0) is 30.6. The van der Waals surface area contributed by atoms with Gasteiger partial charge < -0.3 is 15.0 Å². The summed E-state index contributed by atoms with van der Waals surface area (Å²) in [5, 5.41) is 5.89. The Morgan fingerprint density at radius 1 is 1.14 bits per heavy atom. The van der Waals surface area contributed by atoms with E-state index in [-0.39, 0.29) is 34.9 Å². The van der Waals surface area contributed by atoms with E-state index in [0.717, 1.165) is 54.1 Å². The molecule has 230 valence electrons. The van der Waals surface area contributed by atoms with Gasteiger partial charge in [0.2, 0.25) is 0 Å². The van der Waals surface area contributed by atoms with Crippen molar-refractivity contribution in [3.63, 3.8) is 0 Å². The zero-order valence-electron chi connectivity index (χ0n) is 25.8. The average molecular weight is 599 g/mol. The first-order chi connectivity index (χ1) is 21.2. The van der Waals surface area contributed by atoms with Crippen LogP contribution >= 0.6 is 0 Å². The molecule has 2 aliphatic heterocycles. The van der Waals surface area contributed by atoms with Crippen LogP contribution in [0, 0.1) is 5.82 Å². The lowest BCUT2D eigenvalue weighted by Gasteiger charge is -2.47. The number of halogens is 2. The van der Waals surface area contributed by atoms with Crippen LogP contribution in [0.1, 0.15) is 51.0 Å². The van der Waals surface area contributed by atoms with Crippen LogP contribution in [0.25, 0.3) is 38.5 Å². The van der Waals surface area contributed by atoms with Gasteiger partial charge >= 0.3 is 6.01 Å². The third-order valence-corrected chi connectivity index (χ3v) is 10.3. The van der Waals surface area contributed by atoms with Gasteiger partial charge in [-0.2, -0.15) is 9.97 Å². The van der Waals surface area contributed by atoms with E-state index in [1.165, 1.54) is 6.42 Å². The molecule has 1 saturated carbocycles.